The van der Waals surface area contributed by atoms with Crippen molar-refractivity contribution in [1.29, 1.82) is 0 Å². The molecule has 0 aromatic rings. The average molecular weight is 128 g/mol. The second kappa shape index (κ2) is 4.39. The molecule has 2 nitrogen and oxygen atoms in total. The predicted octanol–water partition coefficient (Wildman–Crippen LogP) is 1.02. The molecule has 0 fully saturated rings. The normalized spacial score (nSPS) is 9.22. The van der Waals surface area contributed by atoms with E-state index in [4.69, 9.17) is 0 Å². The van der Waals surface area contributed by atoms with Crippen molar-refractivity contribution in [3.63, 3.8) is 0 Å². The van der Waals surface area contributed by atoms with E-state index in [2.05, 4.69) is 23.7 Å². The summed E-state index contributed by atoms with van der Waals surface area (Å²) in [5, 5.41) is 3.05. The second-order valence-electron chi connectivity index (χ2n) is 2.13. The molecule has 9 heavy (non-hydrogen) atoms. The first kappa shape index (κ1) is 8.50. The van der Waals surface area contributed by atoms with Crippen molar-refractivity contribution >= 4 is 0 Å². The zero-order chi connectivity index (χ0) is 7.28. The van der Waals surface area contributed by atoms with Crippen LogP contribution in [0.3, 0.4) is 0 Å². The summed E-state index contributed by atoms with van der Waals surface area (Å²) in [5.74, 6) is 0. The summed E-state index contributed by atoms with van der Waals surface area (Å²) in [6.07, 6.45) is 1.03. The third-order valence-corrected chi connectivity index (χ3v) is 1.34. The van der Waals surface area contributed by atoms with Crippen molar-refractivity contribution in [2.45, 2.75) is 13.3 Å². The quantitative estimate of drug-likeness (QED) is 0.569. The summed E-state index contributed by atoms with van der Waals surface area (Å²) in [6, 6.07) is 0. The molecule has 1 N–H and O–H groups in total. The highest BCUT2D eigenvalue weighted by Gasteiger charge is 1.94. The van der Waals surface area contributed by atoms with Crippen LogP contribution < -0.4 is 5.32 Å². The fraction of sp³-hybridized carbons (Fsp3) is 0.714. The largest absolute Gasteiger partial charge is 0.366 e. The number of hydrogen-bond donors (Lipinski definition) is 1. The second-order valence-corrected chi connectivity index (χ2v) is 2.13. The molecular weight excluding hydrogens is 112 g/mol. The Morgan fingerprint density at radius 3 is 2.56 bits per heavy atom. The van der Waals surface area contributed by atoms with Crippen molar-refractivity contribution in [3.8, 4) is 0 Å². The Morgan fingerprint density at radius 1 is 1.67 bits per heavy atom. The maximum atomic E-state index is 3.88. The lowest BCUT2D eigenvalue weighted by atomic mass is 10.3. The maximum Gasteiger partial charge on any atom is 0.0673 e. The van der Waals surface area contributed by atoms with Crippen LogP contribution in [-0.2, 0) is 0 Å². The van der Waals surface area contributed by atoms with Crippen molar-refractivity contribution in [3.05, 3.63) is 12.3 Å². The zero-order valence-corrected chi connectivity index (χ0v) is 6.57. The van der Waals surface area contributed by atoms with E-state index < -0.39 is 0 Å². The third-order valence-electron chi connectivity index (χ3n) is 1.34. The molecule has 0 aliphatic heterocycles. The minimum atomic E-state index is 0.882. The first-order valence-corrected chi connectivity index (χ1v) is 3.25. The average Bonchev–Trinajstić information content (AvgIpc) is 1.87. The Kier molecular flexibility index (Phi) is 4.14. The molecule has 0 bridgehead atoms. The Morgan fingerprint density at radius 2 is 2.22 bits per heavy atom. The molecule has 0 amide bonds. The SMILES string of the molecule is C=C(CC)N(C)CNC. The first-order chi connectivity index (χ1) is 4.22. The van der Waals surface area contributed by atoms with Crippen LogP contribution in [0.4, 0.5) is 0 Å². The van der Waals surface area contributed by atoms with Crippen LogP contribution in [0.1, 0.15) is 13.3 Å². The molecule has 0 saturated carbocycles. The molecule has 0 rings (SSSR count). The van der Waals surface area contributed by atoms with E-state index in [1.807, 2.05) is 14.1 Å². The lowest BCUT2D eigenvalue weighted by Crippen LogP contribution is -2.27. The minimum absolute atomic E-state index is 0.882. The number of nitrogens with zero attached hydrogens (tertiary/aromatic N) is 1. The van der Waals surface area contributed by atoms with Gasteiger partial charge in [-0.1, -0.05) is 13.5 Å². The standard InChI is InChI=1S/C7H16N2/c1-5-7(2)9(4)6-8-3/h8H,2,5-6H2,1,3-4H3. The van der Waals surface area contributed by atoms with Crippen molar-refractivity contribution < 1.29 is 0 Å². The molecule has 54 valence electrons. The Bertz CT molecular complexity index is 88.9. The molecule has 0 aromatic carbocycles. The molecule has 0 aromatic heterocycles. The van der Waals surface area contributed by atoms with Crippen LogP contribution in [0.25, 0.3) is 0 Å². The van der Waals surface area contributed by atoms with Crippen LogP contribution in [0.2, 0.25) is 0 Å². The van der Waals surface area contributed by atoms with Gasteiger partial charge in [-0.05, 0) is 13.5 Å². The van der Waals surface area contributed by atoms with E-state index in [0.717, 1.165) is 13.1 Å². The molecule has 0 unspecified atom stereocenters. The van der Waals surface area contributed by atoms with E-state index >= 15 is 0 Å². The fourth-order valence-electron chi connectivity index (χ4n) is 0.619. The predicted molar refractivity (Wildman–Crippen MR) is 41.1 cm³/mol. The minimum Gasteiger partial charge on any atom is -0.366 e. The lowest BCUT2D eigenvalue weighted by molar-refractivity contribution is 0.384. The molecule has 2 heteroatoms. The Balaban J connectivity index is 3.45. The van der Waals surface area contributed by atoms with Gasteiger partial charge in [0.1, 0.15) is 0 Å². The van der Waals surface area contributed by atoms with Crippen molar-refractivity contribution in [2.75, 3.05) is 20.8 Å². The van der Waals surface area contributed by atoms with Gasteiger partial charge in [-0.2, -0.15) is 0 Å². The van der Waals surface area contributed by atoms with E-state index in [0.29, 0.717) is 0 Å². The number of hydrogen-bond acceptors (Lipinski definition) is 2. The number of nitrogens with one attached hydrogen (secondary N) is 1. The summed E-state index contributed by atoms with van der Waals surface area (Å²) in [5.41, 5.74) is 1.17. The highest BCUT2D eigenvalue weighted by atomic mass is 15.2. The smallest absolute Gasteiger partial charge is 0.0673 e. The van der Waals surface area contributed by atoms with Crippen LogP contribution >= 0.6 is 0 Å². The van der Waals surface area contributed by atoms with Gasteiger partial charge in [0.25, 0.3) is 0 Å². The van der Waals surface area contributed by atoms with Gasteiger partial charge in [0.05, 0.1) is 6.67 Å². The third kappa shape index (κ3) is 3.14. The number of rotatable bonds is 4. The summed E-state index contributed by atoms with van der Waals surface area (Å²) < 4.78 is 0. The summed E-state index contributed by atoms with van der Waals surface area (Å²) in [6.45, 7) is 6.86. The Hall–Kier alpha value is -0.500. The van der Waals surface area contributed by atoms with Gasteiger partial charge in [-0.15, -0.1) is 0 Å². The van der Waals surface area contributed by atoms with Gasteiger partial charge < -0.3 is 10.2 Å². The lowest BCUT2D eigenvalue weighted by Gasteiger charge is -2.19. The van der Waals surface area contributed by atoms with Crippen molar-refractivity contribution in [2.24, 2.45) is 0 Å². The van der Waals surface area contributed by atoms with Gasteiger partial charge in [-0.3, -0.25) is 0 Å². The molecule has 0 saturated heterocycles. The number of allylic oxidation sites excluding steroid dienone is 1. The van der Waals surface area contributed by atoms with E-state index in [9.17, 15) is 0 Å². The van der Waals surface area contributed by atoms with Crippen LogP contribution in [-0.4, -0.2) is 25.7 Å². The molecular formula is C7H16N2. The van der Waals surface area contributed by atoms with Crippen LogP contribution in [0.15, 0.2) is 12.3 Å². The van der Waals surface area contributed by atoms with Gasteiger partial charge in [0.2, 0.25) is 0 Å². The molecule has 0 heterocycles. The molecule has 0 aliphatic carbocycles. The first-order valence-electron chi connectivity index (χ1n) is 3.25. The van der Waals surface area contributed by atoms with Gasteiger partial charge in [0, 0.05) is 12.7 Å². The Labute approximate surface area is 57.5 Å². The summed E-state index contributed by atoms with van der Waals surface area (Å²) >= 11 is 0. The van der Waals surface area contributed by atoms with E-state index in [-0.39, 0.29) is 0 Å². The van der Waals surface area contributed by atoms with E-state index in [1.54, 1.807) is 0 Å². The summed E-state index contributed by atoms with van der Waals surface area (Å²) in [7, 11) is 3.96. The molecule has 0 spiro atoms. The maximum absolute atomic E-state index is 3.88. The molecule has 0 radical (unpaired) electrons. The molecule has 0 atom stereocenters. The summed E-state index contributed by atoms with van der Waals surface area (Å²) in [4.78, 5) is 2.10. The monoisotopic (exact) mass is 128 g/mol. The van der Waals surface area contributed by atoms with E-state index in [1.165, 1.54) is 5.70 Å². The van der Waals surface area contributed by atoms with Gasteiger partial charge >= 0.3 is 0 Å². The van der Waals surface area contributed by atoms with Crippen LogP contribution in [0, 0.1) is 0 Å². The van der Waals surface area contributed by atoms with Gasteiger partial charge in [-0.25, -0.2) is 0 Å². The highest BCUT2D eigenvalue weighted by Crippen LogP contribution is 1.99. The fourth-order valence-corrected chi connectivity index (χ4v) is 0.619. The van der Waals surface area contributed by atoms with Gasteiger partial charge in [0.15, 0.2) is 0 Å². The van der Waals surface area contributed by atoms with Crippen LogP contribution in [0.5, 0.6) is 0 Å². The highest BCUT2D eigenvalue weighted by molar-refractivity contribution is 4.89. The van der Waals surface area contributed by atoms with Crippen molar-refractivity contribution in [1.82, 2.24) is 10.2 Å². The topological polar surface area (TPSA) is 15.3 Å². The molecule has 0 aliphatic rings. The zero-order valence-electron chi connectivity index (χ0n) is 6.57.